The number of piperidine rings is 1. The molecule has 4 heteroatoms. The fourth-order valence-electron chi connectivity index (χ4n) is 2.58. The molecule has 0 bridgehead atoms. The lowest BCUT2D eigenvalue weighted by Gasteiger charge is -2.37. The van der Waals surface area contributed by atoms with Gasteiger partial charge in [0, 0.05) is 25.0 Å². The van der Waals surface area contributed by atoms with Crippen LogP contribution in [0.5, 0.6) is 0 Å². The van der Waals surface area contributed by atoms with E-state index in [0.717, 1.165) is 38.0 Å². The number of likely N-dealkylation sites (tertiary alicyclic amines) is 1. The van der Waals surface area contributed by atoms with Crippen molar-refractivity contribution in [3.8, 4) is 0 Å². The molecule has 0 spiro atoms. The summed E-state index contributed by atoms with van der Waals surface area (Å²) in [6, 6.07) is 3.79. The van der Waals surface area contributed by atoms with E-state index in [0.29, 0.717) is 5.76 Å². The summed E-state index contributed by atoms with van der Waals surface area (Å²) < 4.78 is 5.54. The molecule has 1 aromatic rings. The van der Waals surface area contributed by atoms with Gasteiger partial charge in [0.1, 0.15) is 5.76 Å². The third kappa shape index (κ3) is 2.58. The van der Waals surface area contributed by atoms with Crippen molar-refractivity contribution in [2.24, 2.45) is 5.73 Å². The molecule has 1 amide bonds. The van der Waals surface area contributed by atoms with Crippen LogP contribution >= 0.6 is 0 Å². The summed E-state index contributed by atoms with van der Waals surface area (Å²) in [6.07, 6.45) is 4.00. The molecule has 0 unspecified atom stereocenters. The first-order valence-corrected chi connectivity index (χ1v) is 6.78. The quantitative estimate of drug-likeness (QED) is 0.894. The van der Waals surface area contributed by atoms with Crippen LogP contribution in [0.25, 0.3) is 0 Å². The van der Waals surface area contributed by atoms with E-state index in [1.165, 1.54) is 0 Å². The topological polar surface area (TPSA) is 59.5 Å². The number of nitrogens with zero attached hydrogens (tertiary/aromatic N) is 1. The third-order valence-corrected chi connectivity index (χ3v) is 3.64. The summed E-state index contributed by atoms with van der Waals surface area (Å²) in [5.74, 6) is 1.28. The van der Waals surface area contributed by atoms with Gasteiger partial charge in [0.25, 0.3) is 5.91 Å². The molecule has 0 radical (unpaired) electrons. The second-order valence-electron chi connectivity index (χ2n) is 5.04. The standard InChI is InChI=1S/C14H22N2O2/c1-3-11-7-8-13(18-11)14(17)16-9-5-4-6-12(16)10(2)15/h7-8,10,12H,3-6,9,15H2,1-2H3/t10-,12+/m1/s1. The summed E-state index contributed by atoms with van der Waals surface area (Å²) in [4.78, 5) is 14.3. The first-order valence-electron chi connectivity index (χ1n) is 6.78. The highest BCUT2D eigenvalue weighted by molar-refractivity contribution is 5.91. The number of rotatable bonds is 3. The molecule has 2 N–H and O–H groups in total. The first-order chi connectivity index (χ1) is 8.63. The zero-order chi connectivity index (χ0) is 13.1. The predicted octanol–water partition coefficient (Wildman–Crippen LogP) is 2.18. The molecule has 1 saturated heterocycles. The molecule has 2 atom stereocenters. The van der Waals surface area contributed by atoms with Crippen molar-refractivity contribution in [3.05, 3.63) is 23.7 Å². The molecular formula is C14H22N2O2. The monoisotopic (exact) mass is 250 g/mol. The van der Waals surface area contributed by atoms with Crippen molar-refractivity contribution in [3.63, 3.8) is 0 Å². The Morgan fingerprint density at radius 3 is 2.94 bits per heavy atom. The smallest absolute Gasteiger partial charge is 0.289 e. The zero-order valence-electron chi connectivity index (χ0n) is 11.2. The van der Waals surface area contributed by atoms with Crippen LogP contribution in [0.1, 0.15) is 49.4 Å². The van der Waals surface area contributed by atoms with E-state index in [9.17, 15) is 4.79 Å². The van der Waals surface area contributed by atoms with Crippen LogP contribution in [0.4, 0.5) is 0 Å². The van der Waals surface area contributed by atoms with Gasteiger partial charge in [-0.1, -0.05) is 6.92 Å². The minimum atomic E-state index is -0.0169. The fraction of sp³-hybridized carbons (Fsp3) is 0.643. The Bertz CT molecular complexity index is 412. The number of carbonyl (C=O) groups is 1. The number of nitrogens with two attached hydrogens (primary N) is 1. The molecule has 1 aliphatic rings. The minimum absolute atomic E-state index is 0.00913. The number of furan rings is 1. The van der Waals surface area contributed by atoms with E-state index in [4.69, 9.17) is 10.2 Å². The predicted molar refractivity (Wildman–Crippen MR) is 70.4 cm³/mol. The molecule has 0 aliphatic carbocycles. The van der Waals surface area contributed by atoms with Gasteiger partial charge in [-0.15, -0.1) is 0 Å². The number of aryl methyl sites for hydroxylation is 1. The number of carbonyl (C=O) groups excluding carboxylic acids is 1. The molecule has 0 aromatic carbocycles. The lowest BCUT2D eigenvalue weighted by Crippen LogP contribution is -2.51. The zero-order valence-corrected chi connectivity index (χ0v) is 11.2. The van der Waals surface area contributed by atoms with E-state index in [1.54, 1.807) is 6.07 Å². The Morgan fingerprint density at radius 1 is 1.56 bits per heavy atom. The highest BCUT2D eigenvalue weighted by Crippen LogP contribution is 2.22. The van der Waals surface area contributed by atoms with Gasteiger partial charge in [0.05, 0.1) is 0 Å². The van der Waals surface area contributed by atoms with Crippen molar-refractivity contribution in [2.45, 2.75) is 51.6 Å². The molecule has 0 saturated carbocycles. The molecule has 1 fully saturated rings. The van der Waals surface area contributed by atoms with E-state index < -0.39 is 0 Å². The molecular weight excluding hydrogens is 228 g/mol. The Balaban J connectivity index is 2.15. The third-order valence-electron chi connectivity index (χ3n) is 3.64. The average Bonchev–Trinajstić information content (AvgIpc) is 2.86. The molecule has 2 rings (SSSR count). The first kappa shape index (κ1) is 13.1. The van der Waals surface area contributed by atoms with Crippen molar-refractivity contribution in [1.29, 1.82) is 0 Å². The van der Waals surface area contributed by atoms with Gasteiger partial charge in [-0.05, 0) is 38.3 Å². The molecule has 1 aromatic heterocycles. The average molecular weight is 250 g/mol. The summed E-state index contributed by atoms with van der Waals surface area (Å²) in [7, 11) is 0. The normalized spacial score (nSPS) is 21.9. The highest BCUT2D eigenvalue weighted by atomic mass is 16.4. The lowest BCUT2D eigenvalue weighted by atomic mass is 9.96. The van der Waals surface area contributed by atoms with Crippen LogP contribution in [0, 0.1) is 0 Å². The fourth-order valence-corrected chi connectivity index (χ4v) is 2.58. The Morgan fingerprint density at radius 2 is 2.33 bits per heavy atom. The summed E-state index contributed by atoms with van der Waals surface area (Å²) in [5.41, 5.74) is 5.98. The lowest BCUT2D eigenvalue weighted by molar-refractivity contribution is 0.0550. The van der Waals surface area contributed by atoms with Crippen LogP contribution in [-0.4, -0.2) is 29.4 Å². The number of amides is 1. The Labute approximate surface area is 108 Å². The van der Waals surface area contributed by atoms with Crippen molar-refractivity contribution >= 4 is 5.91 Å². The van der Waals surface area contributed by atoms with Crippen LogP contribution in [-0.2, 0) is 6.42 Å². The van der Waals surface area contributed by atoms with Gasteiger partial charge in [-0.2, -0.15) is 0 Å². The van der Waals surface area contributed by atoms with Crippen LogP contribution in [0.2, 0.25) is 0 Å². The van der Waals surface area contributed by atoms with Crippen molar-refractivity contribution in [2.75, 3.05) is 6.54 Å². The van der Waals surface area contributed by atoms with E-state index in [1.807, 2.05) is 24.8 Å². The van der Waals surface area contributed by atoms with E-state index in [-0.39, 0.29) is 18.0 Å². The van der Waals surface area contributed by atoms with Crippen LogP contribution in [0.15, 0.2) is 16.5 Å². The van der Waals surface area contributed by atoms with Crippen LogP contribution < -0.4 is 5.73 Å². The summed E-state index contributed by atoms with van der Waals surface area (Å²) in [5, 5.41) is 0. The molecule has 4 nitrogen and oxygen atoms in total. The minimum Gasteiger partial charge on any atom is -0.456 e. The molecule has 2 heterocycles. The van der Waals surface area contributed by atoms with Crippen LogP contribution in [0.3, 0.4) is 0 Å². The van der Waals surface area contributed by atoms with Gasteiger partial charge in [-0.25, -0.2) is 0 Å². The summed E-state index contributed by atoms with van der Waals surface area (Å²) in [6.45, 7) is 4.77. The molecule has 100 valence electrons. The molecule has 1 aliphatic heterocycles. The maximum absolute atomic E-state index is 12.4. The second-order valence-corrected chi connectivity index (χ2v) is 5.04. The van der Waals surface area contributed by atoms with Crippen molar-refractivity contribution in [1.82, 2.24) is 4.90 Å². The Kier molecular flexibility index (Phi) is 4.07. The largest absolute Gasteiger partial charge is 0.456 e. The van der Waals surface area contributed by atoms with Gasteiger partial charge in [-0.3, -0.25) is 4.79 Å². The van der Waals surface area contributed by atoms with E-state index in [2.05, 4.69) is 0 Å². The van der Waals surface area contributed by atoms with Gasteiger partial charge in [0.15, 0.2) is 5.76 Å². The second kappa shape index (κ2) is 5.57. The number of hydrogen-bond acceptors (Lipinski definition) is 3. The summed E-state index contributed by atoms with van der Waals surface area (Å²) >= 11 is 0. The maximum atomic E-state index is 12.4. The van der Waals surface area contributed by atoms with E-state index >= 15 is 0 Å². The molecule has 18 heavy (non-hydrogen) atoms. The van der Waals surface area contributed by atoms with Gasteiger partial charge < -0.3 is 15.1 Å². The highest BCUT2D eigenvalue weighted by Gasteiger charge is 2.31. The SMILES string of the molecule is CCc1ccc(C(=O)N2CCCC[C@H]2[C@@H](C)N)o1. The van der Waals surface area contributed by atoms with Gasteiger partial charge in [0.2, 0.25) is 0 Å². The number of hydrogen-bond donors (Lipinski definition) is 1. The van der Waals surface area contributed by atoms with Crippen molar-refractivity contribution < 1.29 is 9.21 Å². The van der Waals surface area contributed by atoms with Gasteiger partial charge >= 0.3 is 0 Å². The maximum Gasteiger partial charge on any atom is 0.289 e. The Hall–Kier alpha value is -1.29.